The predicted molar refractivity (Wildman–Crippen MR) is 108 cm³/mol. The minimum Gasteiger partial charge on any atom is -0.322 e. The molecule has 4 rings (SSSR count). The molecule has 0 radical (unpaired) electrons. The Morgan fingerprint density at radius 3 is 2.43 bits per heavy atom. The van der Waals surface area contributed by atoms with E-state index in [-0.39, 0.29) is 16.4 Å². The smallest absolute Gasteiger partial charge is 0.258 e. The molecule has 0 unspecified atom stereocenters. The van der Waals surface area contributed by atoms with Gasteiger partial charge < -0.3 is 5.32 Å². The summed E-state index contributed by atoms with van der Waals surface area (Å²) in [7, 11) is 0. The van der Waals surface area contributed by atoms with Crippen molar-refractivity contribution in [1.82, 2.24) is 14.8 Å². The molecule has 0 spiro atoms. The summed E-state index contributed by atoms with van der Waals surface area (Å²) in [6.45, 7) is 3.83. The summed E-state index contributed by atoms with van der Waals surface area (Å²) in [5, 5.41) is 8.14. The number of carbonyl (C=O) groups is 1. The summed E-state index contributed by atoms with van der Waals surface area (Å²) < 4.78 is 14.7. The van der Waals surface area contributed by atoms with Crippen molar-refractivity contribution in [2.24, 2.45) is 0 Å². The molecule has 1 amide bonds. The first kappa shape index (κ1) is 18.1. The number of fused-ring (bicyclic) bond motifs is 1. The lowest BCUT2D eigenvalue weighted by Crippen LogP contribution is -2.13. The Labute approximate surface area is 165 Å². The highest BCUT2D eigenvalue weighted by Gasteiger charge is 2.20. The Kier molecular flexibility index (Phi) is 4.57. The van der Waals surface area contributed by atoms with Crippen molar-refractivity contribution in [2.75, 3.05) is 5.32 Å². The van der Waals surface area contributed by atoms with Crippen LogP contribution in [-0.2, 0) is 0 Å². The second kappa shape index (κ2) is 7.05. The van der Waals surface area contributed by atoms with E-state index in [1.165, 1.54) is 30.5 Å². The van der Waals surface area contributed by atoms with Gasteiger partial charge in [0.15, 0.2) is 5.65 Å². The number of pyridine rings is 1. The van der Waals surface area contributed by atoms with Gasteiger partial charge in [-0.05, 0) is 50.2 Å². The standard InChI is InChI=1S/C21H16ClFN4O/c1-12-3-9-16(10-4-12)27-20-18(13(2)26-27)19(22)17(11-24-20)21(28)25-15-7-5-14(23)6-8-15/h3-11H,1-2H3,(H,25,28). The van der Waals surface area contributed by atoms with Gasteiger partial charge in [0.25, 0.3) is 5.91 Å². The molecule has 0 aliphatic carbocycles. The van der Waals surface area contributed by atoms with Gasteiger partial charge in [0.1, 0.15) is 5.82 Å². The molecule has 0 aliphatic rings. The highest BCUT2D eigenvalue weighted by molar-refractivity contribution is 6.39. The monoisotopic (exact) mass is 394 g/mol. The van der Waals surface area contributed by atoms with E-state index in [9.17, 15) is 9.18 Å². The Morgan fingerprint density at radius 1 is 1.07 bits per heavy atom. The second-order valence-corrected chi connectivity index (χ2v) is 6.86. The minimum absolute atomic E-state index is 0.227. The van der Waals surface area contributed by atoms with Crippen LogP contribution in [0.25, 0.3) is 16.7 Å². The van der Waals surface area contributed by atoms with Crippen LogP contribution in [-0.4, -0.2) is 20.7 Å². The number of carbonyl (C=O) groups excluding carboxylic acids is 1. The van der Waals surface area contributed by atoms with E-state index in [0.717, 1.165) is 11.3 Å². The lowest BCUT2D eigenvalue weighted by molar-refractivity contribution is 0.102. The van der Waals surface area contributed by atoms with E-state index in [1.807, 2.05) is 38.1 Å². The van der Waals surface area contributed by atoms with Gasteiger partial charge in [-0.1, -0.05) is 29.3 Å². The van der Waals surface area contributed by atoms with Crippen LogP contribution in [0.15, 0.2) is 54.7 Å². The predicted octanol–water partition coefficient (Wildman–Crippen LogP) is 5.08. The van der Waals surface area contributed by atoms with Gasteiger partial charge in [-0.2, -0.15) is 5.10 Å². The van der Waals surface area contributed by atoms with Gasteiger partial charge in [-0.15, -0.1) is 0 Å². The number of nitrogens with one attached hydrogen (secondary N) is 1. The number of aromatic nitrogens is 3. The Morgan fingerprint density at radius 2 is 1.75 bits per heavy atom. The molecule has 5 nitrogen and oxygen atoms in total. The average molecular weight is 395 g/mol. The van der Waals surface area contributed by atoms with Crippen LogP contribution in [0.3, 0.4) is 0 Å². The van der Waals surface area contributed by atoms with E-state index in [2.05, 4.69) is 15.4 Å². The fraction of sp³-hybridized carbons (Fsp3) is 0.0952. The van der Waals surface area contributed by atoms with Gasteiger partial charge in [0.2, 0.25) is 0 Å². The number of amides is 1. The number of anilines is 1. The van der Waals surface area contributed by atoms with Crippen LogP contribution < -0.4 is 5.32 Å². The van der Waals surface area contributed by atoms with Crippen LogP contribution in [0.4, 0.5) is 10.1 Å². The molecule has 2 aromatic carbocycles. The maximum atomic E-state index is 13.0. The maximum Gasteiger partial charge on any atom is 0.258 e. The van der Waals surface area contributed by atoms with E-state index in [0.29, 0.717) is 22.4 Å². The molecule has 0 saturated heterocycles. The summed E-state index contributed by atoms with van der Waals surface area (Å²) in [6, 6.07) is 13.4. The third-order valence-electron chi connectivity index (χ3n) is 4.43. The molecule has 0 atom stereocenters. The first-order chi connectivity index (χ1) is 13.4. The van der Waals surface area contributed by atoms with Gasteiger partial charge >= 0.3 is 0 Å². The summed E-state index contributed by atoms with van der Waals surface area (Å²) in [5.41, 5.74) is 3.94. The molecular weight excluding hydrogens is 379 g/mol. The third-order valence-corrected chi connectivity index (χ3v) is 4.83. The summed E-state index contributed by atoms with van der Waals surface area (Å²) in [4.78, 5) is 17.1. The largest absolute Gasteiger partial charge is 0.322 e. The van der Waals surface area contributed by atoms with Gasteiger partial charge in [-0.3, -0.25) is 4.79 Å². The van der Waals surface area contributed by atoms with Gasteiger partial charge in [0.05, 0.1) is 27.4 Å². The zero-order valence-corrected chi connectivity index (χ0v) is 16.0. The maximum absolute atomic E-state index is 13.0. The van der Waals surface area contributed by atoms with Crippen molar-refractivity contribution >= 4 is 34.2 Å². The molecule has 28 heavy (non-hydrogen) atoms. The number of hydrogen-bond acceptors (Lipinski definition) is 3. The normalized spacial score (nSPS) is 11.0. The lowest BCUT2D eigenvalue weighted by Gasteiger charge is -2.08. The number of benzene rings is 2. The molecule has 0 bridgehead atoms. The molecule has 1 N–H and O–H groups in total. The third kappa shape index (κ3) is 3.23. The number of halogens is 2. The number of rotatable bonds is 3. The van der Waals surface area contributed by atoms with Gasteiger partial charge in [0, 0.05) is 11.9 Å². The Balaban J connectivity index is 1.74. The molecule has 0 saturated carbocycles. The fourth-order valence-corrected chi connectivity index (χ4v) is 3.32. The molecule has 2 aromatic heterocycles. The molecular formula is C21H16ClFN4O. The molecule has 140 valence electrons. The van der Waals surface area contributed by atoms with Crippen LogP contribution in [0, 0.1) is 19.7 Å². The number of hydrogen-bond donors (Lipinski definition) is 1. The first-order valence-electron chi connectivity index (χ1n) is 8.62. The lowest BCUT2D eigenvalue weighted by atomic mass is 10.2. The molecule has 4 aromatic rings. The van der Waals surface area contributed by atoms with Crippen molar-refractivity contribution in [3.63, 3.8) is 0 Å². The van der Waals surface area contributed by atoms with Gasteiger partial charge in [-0.25, -0.2) is 14.1 Å². The van der Waals surface area contributed by atoms with Crippen LogP contribution in [0.1, 0.15) is 21.6 Å². The minimum atomic E-state index is -0.423. The van der Waals surface area contributed by atoms with Crippen molar-refractivity contribution in [3.05, 3.63) is 82.4 Å². The van der Waals surface area contributed by atoms with E-state index in [1.54, 1.807) is 4.68 Å². The highest BCUT2D eigenvalue weighted by atomic mass is 35.5. The quantitative estimate of drug-likeness (QED) is 0.527. The van der Waals surface area contributed by atoms with Crippen molar-refractivity contribution < 1.29 is 9.18 Å². The van der Waals surface area contributed by atoms with Crippen molar-refractivity contribution in [1.29, 1.82) is 0 Å². The van der Waals surface area contributed by atoms with Crippen LogP contribution in [0.5, 0.6) is 0 Å². The molecule has 7 heteroatoms. The van der Waals surface area contributed by atoms with Crippen molar-refractivity contribution in [2.45, 2.75) is 13.8 Å². The average Bonchev–Trinajstić information content (AvgIpc) is 3.02. The second-order valence-electron chi connectivity index (χ2n) is 6.48. The summed E-state index contributed by atoms with van der Waals surface area (Å²) >= 11 is 6.55. The zero-order chi connectivity index (χ0) is 19.8. The van der Waals surface area contributed by atoms with Crippen LogP contribution >= 0.6 is 11.6 Å². The van der Waals surface area contributed by atoms with E-state index in [4.69, 9.17) is 11.6 Å². The summed E-state index contributed by atoms with van der Waals surface area (Å²) in [5.74, 6) is -0.799. The van der Waals surface area contributed by atoms with Crippen LogP contribution in [0.2, 0.25) is 5.02 Å². The first-order valence-corrected chi connectivity index (χ1v) is 8.99. The molecule has 0 fully saturated rings. The number of aryl methyl sites for hydroxylation is 2. The SMILES string of the molecule is Cc1ccc(-n2nc(C)c3c(Cl)c(C(=O)Nc4ccc(F)cc4)cnc32)cc1. The highest BCUT2D eigenvalue weighted by Crippen LogP contribution is 2.30. The Bertz CT molecular complexity index is 1180. The topological polar surface area (TPSA) is 59.8 Å². The van der Waals surface area contributed by atoms with E-state index >= 15 is 0 Å². The molecule has 2 heterocycles. The zero-order valence-electron chi connectivity index (χ0n) is 15.2. The Hall–Kier alpha value is -3.25. The van der Waals surface area contributed by atoms with Crippen molar-refractivity contribution in [3.8, 4) is 5.69 Å². The molecule has 0 aliphatic heterocycles. The number of nitrogens with zero attached hydrogens (tertiary/aromatic N) is 3. The summed E-state index contributed by atoms with van der Waals surface area (Å²) in [6.07, 6.45) is 1.43. The fourth-order valence-electron chi connectivity index (χ4n) is 2.96. The van der Waals surface area contributed by atoms with E-state index < -0.39 is 5.91 Å².